The summed E-state index contributed by atoms with van der Waals surface area (Å²) in [7, 11) is 0. The van der Waals surface area contributed by atoms with Crippen LogP contribution in [0.25, 0.3) is 10.8 Å². The fraction of sp³-hybridized carbons (Fsp3) is 0.125. The molecule has 2 aromatic carbocycles. The van der Waals surface area contributed by atoms with Crippen molar-refractivity contribution in [2.45, 2.75) is 12.5 Å². The highest BCUT2D eigenvalue weighted by molar-refractivity contribution is 5.84. The zero-order chi connectivity index (χ0) is 13.1. The molecule has 19 heavy (non-hydrogen) atoms. The Hall–Kier alpha value is -2.42. The van der Waals surface area contributed by atoms with Crippen molar-refractivity contribution in [3.8, 4) is 0 Å². The van der Waals surface area contributed by atoms with E-state index in [0.717, 1.165) is 17.2 Å². The predicted octanol–water partition coefficient (Wildman–Crippen LogP) is 3.02. The van der Waals surface area contributed by atoms with Gasteiger partial charge in [0.15, 0.2) is 0 Å². The van der Waals surface area contributed by atoms with Crippen molar-refractivity contribution in [1.82, 2.24) is 9.55 Å². The highest BCUT2D eigenvalue weighted by atomic mass is 16.1. The second-order valence-electron chi connectivity index (χ2n) is 4.61. The molecule has 0 aliphatic rings. The van der Waals surface area contributed by atoms with Gasteiger partial charge < -0.3 is 9.36 Å². The maximum atomic E-state index is 11.3. The van der Waals surface area contributed by atoms with Crippen molar-refractivity contribution in [3.05, 3.63) is 66.7 Å². The number of hydrogen-bond acceptors (Lipinski definition) is 2. The molecule has 0 spiro atoms. The van der Waals surface area contributed by atoms with Gasteiger partial charge in [-0.05, 0) is 16.3 Å². The van der Waals surface area contributed by atoms with Crippen LogP contribution in [0, 0.1) is 0 Å². The topological polar surface area (TPSA) is 34.9 Å². The van der Waals surface area contributed by atoms with Gasteiger partial charge in [0, 0.05) is 18.9 Å². The van der Waals surface area contributed by atoms with E-state index in [2.05, 4.69) is 29.2 Å². The van der Waals surface area contributed by atoms with Gasteiger partial charge in [0.2, 0.25) is 0 Å². The molecule has 3 rings (SSSR count). The van der Waals surface area contributed by atoms with Crippen LogP contribution in [0.2, 0.25) is 0 Å². The summed E-state index contributed by atoms with van der Waals surface area (Å²) in [6, 6.07) is 14.4. The summed E-state index contributed by atoms with van der Waals surface area (Å²) in [4.78, 5) is 15.3. The largest absolute Gasteiger partial charge is 0.336 e. The molecule has 0 saturated carbocycles. The minimum atomic E-state index is -0.140. The summed E-state index contributed by atoms with van der Waals surface area (Å²) < 4.78 is 1.92. The van der Waals surface area contributed by atoms with Crippen molar-refractivity contribution in [2.24, 2.45) is 0 Å². The Balaban J connectivity index is 1.94. The first-order valence-electron chi connectivity index (χ1n) is 6.26. The fourth-order valence-corrected chi connectivity index (χ4v) is 2.29. The first-order chi connectivity index (χ1) is 9.36. The van der Waals surface area contributed by atoms with Crippen LogP contribution < -0.4 is 0 Å². The number of imidazole rings is 1. The normalized spacial score (nSPS) is 12.4. The monoisotopic (exact) mass is 250 g/mol. The summed E-state index contributed by atoms with van der Waals surface area (Å²) in [5.74, 6) is -0.140. The van der Waals surface area contributed by atoms with Gasteiger partial charge in [-0.15, -0.1) is 0 Å². The zero-order valence-electron chi connectivity index (χ0n) is 10.4. The molecule has 0 saturated heterocycles. The molecule has 1 heterocycles. The SMILES string of the molecule is O=CC(Cn1ccnc1)c1ccc2ccccc2c1. The molecule has 1 atom stereocenters. The van der Waals surface area contributed by atoms with Crippen LogP contribution in [0.1, 0.15) is 11.5 Å². The molecule has 0 fully saturated rings. The van der Waals surface area contributed by atoms with Crippen LogP contribution >= 0.6 is 0 Å². The van der Waals surface area contributed by atoms with Crippen LogP contribution in [-0.4, -0.2) is 15.8 Å². The smallest absolute Gasteiger partial charge is 0.129 e. The Labute approximate surface area is 111 Å². The van der Waals surface area contributed by atoms with Crippen LogP contribution in [0.15, 0.2) is 61.2 Å². The number of aldehydes is 1. The molecule has 0 aliphatic carbocycles. The highest BCUT2D eigenvalue weighted by Gasteiger charge is 2.11. The van der Waals surface area contributed by atoms with Crippen LogP contribution in [0.4, 0.5) is 0 Å². The minimum Gasteiger partial charge on any atom is -0.336 e. The summed E-state index contributed by atoms with van der Waals surface area (Å²) in [6.07, 6.45) is 6.33. The number of rotatable bonds is 4. The van der Waals surface area contributed by atoms with E-state index in [0.29, 0.717) is 6.54 Å². The molecular weight excluding hydrogens is 236 g/mol. The first-order valence-corrected chi connectivity index (χ1v) is 6.26. The van der Waals surface area contributed by atoms with Gasteiger partial charge in [-0.2, -0.15) is 0 Å². The Kier molecular flexibility index (Phi) is 3.11. The van der Waals surface area contributed by atoms with Gasteiger partial charge in [-0.3, -0.25) is 0 Å². The number of aromatic nitrogens is 2. The average Bonchev–Trinajstić information content (AvgIpc) is 2.97. The Morgan fingerprint density at radius 1 is 1.16 bits per heavy atom. The second-order valence-corrected chi connectivity index (χ2v) is 4.61. The average molecular weight is 250 g/mol. The summed E-state index contributed by atoms with van der Waals surface area (Å²) in [5.41, 5.74) is 1.04. The van der Waals surface area contributed by atoms with E-state index in [-0.39, 0.29) is 5.92 Å². The molecular formula is C16H14N2O. The number of carbonyl (C=O) groups is 1. The van der Waals surface area contributed by atoms with Crippen LogP contribution in [0.5, 0.6) is 0 Å². The lowest BCUT2D eigenvalue weighted by Crippen LogP contribution is -2.09. The van der Waals surface area contributed by atoms with Crippen molar-refractivity contribution in [2.75, 3.05) is 0 Å². The van der Waals surface area contributed by atoms with Gasteiger partial charge in [-0.1, -0.05) is 42.5 Å². The van der Waals surface area contributed by atoms with E-state index in [1.165, 1.54) is 5.39 Å². The highest BCUT2D eigenvalue weighted by Crippen LogP contribution is 2.22. The third-order valence-corrected chi connectivity index (χ3v) is 3.33. The summed E-state index contributed by atoms with van der Waals surface area (Å²) in [6.45, 7) is 0.627. The summed E-state index contributed by atoms with van der Waals surface area (Å²) >= 11 is 0. The molecule has 3 aromatic rings. The van der Waals surface area contributed by atoms with Gasteiger partial charge >= 0.3 is 0 Å². The number of fused-ring (bicyclic) bond motifs is 1. The van der Waals surface area contributed by atoms with Crippen molar-refractivity contribution in [1.29, 1.82) is 0 Å². The molecule has 3 heteroatoms. The fourth-order valence-electron chi connectivity index (χ4n) is 2.29. The number of carbonyl (C=O) groups excluding carboxylic acids is 1. The molecule has 0 N–H and O–H groups in total. The van der Waals surface area contributed by atoms with Gasteiger partial charge in [0.05, 0.1) is 12.2 Å². The van der Waals surface area contributed by atoms with E-state index in [4.69, 9.17) is 0 Å². The quantitative estimate of drug-likeness (QED) is 0.667. The van der Waals surface area contributed by atoms with E-state index in [9.17, 15) is 4.79 Å². The van der Waals surface area contributed by atoms with Crippen LogP contribution in [0.3, 0.4) is 0 Å². The molecule has 1 unspecified atom stereocenters. The van der Waals surface area contributed by atoms with Crippen molar-refractivity contribution < 1.29 is 4.79 Å². The molecule has 0 radical (unpaired) electrons. The van der Waals surface area contributed by atoms with Crippen molar-refractivity contribution in [3.63, 3.8) is 0 Å². The molecule has 1 aromatic heterocycles. The lowest BCUT2D eigenvalue weighted by atomic mass is 9.97. The number of benzene rings is 2. The lowest BCUT2D eigenvalue weighted by Gasteiger charge is -2.12. The number of hydrogen-bond donors (Lipinski definition) is 0. The van der Waals surface area contributed by atoms with Crippen molar-refractivity contribution >= 4 is 17.1 Å². The van der Waals surface area contributed by atoms with Gasteiger partial charge in [0.1, 0.15) is 6.29 Å². The maximum absolute atomic E-state index is 11.3. The standard InChI is InChI=1S/C16H14N2O/c19-11-16(10-18-8-7-17-12-18)15-6-5-13-3-1-2-4-14(13)9-15/h1-9,11-12,16H,10H2. The first kappa shape index (κ1) is 11.7. The maximum Gasteiger partial charge on any atom is 0.129 e. The molecule has 0 bridgehead atoms. The molecule has 3 nitrogen and oxygen atoms in total. The third-order valence-electron chi connectivity index (χ3n) is 3.33. The Morgan fingerprint density at radius 2 is 2.00 bits per heavy atom. The Bertz CT molecular complexity index is 689. The van der Waals surface area contributed by atoms with E-state index < -0.39 is 0 Å². The predicted molar refractivity (Wildman–Crippen MR) is 75.0 cm³/mol. The molecule has 0 amide bonds. The van der Waals surface area contributed by atoms with E-state index >= 15 is 0 Å². The number of nitrogens with zero attached hydrogens (tertiary/aromatic N) is 2. The second kappa shape index (κ2) is 5.06. The molecule has 94 valence electrons. The zero-order valence-corrected chi connectivity index (χ0v) is 10.4. The van der Waals surface area contributed by atoms with E-state index in [1.54, 1.807) is 12.5 Å². The van der Waals surface area contributed by atoms with Gasteiger partial charge in [0.25, 0.3) is 0 Å². The molecule has 0 aliphatic heterocycles. The summed E-state index contributed by atoms with van der Waals surface area (Å²) in [5, 5.41) is 2.36. The minimum absolute atomic E-state index is 0.140. The lowest BCUT2D eigenvalue weighted by molar-refractivity contribution is -0.109. The third kappa shape index (κ3) is 2.40. The van der Waals surface area contributed by atoms with E-state index in [1.807, 2.05) is 29.0 Å². The van der Waals surface area contributed by atoms with Crippen LogP contribution in [-0.2, 0) is 11.3 Å². The Morgan fingerprint density at radius 3 is 2.74 bits per heavy atom. The van der Waals surface area contributed by atoms with Gasteiger partial charge in [-0.25, -0.2) is 4.98 Å².